The number of anilines is 1. The lowest BCUT2D eigenvalue weighted by molar-refractivity contribution is 0.315. The van der Waals surface area contributed by atoms with Crippen LogP contribution in [-0.2, 0) is 0 Å². The topological polar surface area (TPSA) is 23.7 Å². The molecule has 84 valence electrons. The molecule has 1 aliphatic rings. The molecule has 0 aromatic carbocycles. The van der Waals surface area contributed by atoms with Crippen molar-refractivity contribution in [3.63, 3.8) is 0 Å². The van der Waals surface area contributed by atoms with Gasteiger partial charge in [-0.25, -0.2) is 0 Å². The monoisotopic (exact) mass is 216 g/mol. The lowest BCUT2D eigenvalue weighted by Crippen LogP contribution is -2.31. The fourth-order valence-electron chi connectivity index (χ4n) is 2.02. The van der Waals surface area contributed by atoms with E-state index in [1.807, 2.05) is 12.1 Å². The summed E-state index contributed by atoms with van der Waals surface area (Å²) in [5, 5.41) is 0. The van der Waals surface area contributed by atoms with E-state index in [0.29, 0.717) is 11.9 Å². The van der Waals surface area contributed by atoms with Crippen LogP contribution in [0.2, 0.25) is 0 Å². The Bertz CT molecular complexity index is 408. The Hall–Kier alpha value is -1.60. The molecule has 1 unspecified atom stereocenters. The first-order chi connectivity index (χ1) is 7.70. The summed E-state index contributed by atoms with van der Waals surface area (Å²) in [6.07, 6.45) is 1.16. The third-order valence-corrected chi connectivity index (χ3v) is 3.05. The molecule has 0 spiro atoms. The summed E-state index contributed by atoms with van der Waals surface area (Å²) in [6.45, 7) is 8.98. The van der Waals surface area contributed by atoms with Crippen LogP contribution in [0.1, 0.15) is 6.42 Å². The number of hydrogen-bond acceptors (Lipinski definition) is 3. The molecule has 2 rings (SSSR count). The molecule has 1 aromatic heterocycles. The molecule has 1 atom stereocenters. The van der Waals surface area contributed by atoms with Crippen LogP contribution in [0.15, 0.2) is 18.2 Å². The van der Waals surface area contributed by atoms with Gasteiger partial charge in [0.15, 0.2) is 0 Å². The van der Waals surface area contributed by atoms with Crippen molar-refractivity contribution in [2.45, 2.75) is 12.5 Å². The third-order valence-electron chi connectivity index (χ3n) is 3.05. The summed E-state index contributed by atoms with van der Waals surface area (Å²) < 4.78 is 0. The van der Waals surface area contributed by atoms with Gasteiger partial charge in [0, 0.05) is 25.2 Å². The molecular formula is C12H16N4. The fraction of sp³-hybridized carbons (Fsp3) is 0.500. The largest absolute Gasteiger partial charge is 0.361 e. The Labute approximate surface area is 96.3 Å². The van der Waals surface area contributed by atoms with Crippen molar-refractivity contribution in [2.75, 3.05) is 32.1 Å². The lowest BCUT2D eigenvalue weighted by atomic mass is 10.2. The molecule has 1 aromatic rings. The minimum Gasteiger partial charge on any atom is -0.361 e. The number of aromatic nitrogens is 1. The van der Waals surface area contributed by atoms with Gasteiger partial charge < -0.3 is 14.6 Å². The maximum Gasteiger partial charge on any atom is 0.271 e. The van der Waals surface area contributed by atoms with Gasteiger partial charge in [-0.3, -0.25) is 0 Å². The minimum atomic E-state index is 0.478. The van der Waals surface area contributed by atoms with Gasteiger partial charge in [-0.05, 0) is 26.6 Å². The summed E-state index contributed by atoms with van der Waals surface area (Å²) in [6, 6.07) is 6.22. The van der Waals surface area contributed by atoms with Crippen LogP contribution in [0.5, 0.6) is 0 Å². The van der Waals surface area contributed by atoms with E-state index in [4.69, 9.17) is 6.57 Å². The molecule has 0 radical (unpaired) electrons. The van der Waals surface area contributed by atoms with E-state index in [9.17, 15) is 0 Å². The average molecular weight is 216 g/mol. The van der Waals surface area contributed by atoms with E-state index in [1.54, 1.807) is 6.07 Å². The molecule has 1 aliphatic heterocycles. The second kappa shape index (κ2) is 4.50. The summed E-state index contributed by atoms with van der Waals surface area (Å²) in [4.78, 5) is 12.2. The van der Waals surface area contributed by atoms with Crippen molar-refractivity contribution in [1.29, 1.82) is 0 Å². The Morgan fingerprint density at radius 1 is 1.50 bits per heavy atom. The quantitative estimate of drug-likeness (QED) is 0.704. The molecule has 1 saturated heterocycles. The van der Waals surface area contributed by atoms with Crippen LogP contribution in [0.4, 0.5) is 11.6 Å². The molecule has 0 N–H and O–H groups in total. The van der Waals surface area contributed by atoms with Crippen LogP contribution in [-0.4, -0.2) is 43.1 Å². The van der Waals surface area contributed by atoms with E-state index >= 15 is 0 Å². The van der Waals surface area contributed by atoms with Crippen molar-refractivity contribution < 1.29 is 0 Å². The highest BCUT2D eigenvalue weighted by Crippen LogP contribution is 2.22. The second-order valence-electron chi connectivity index (χ2n) is 4.32. The van der Waals surface area contributed by atoms with E-state index in [0.717, 1.165) is 25.3 Å². The van der Waals surface area contributed by atoms with Gasteiger partial charge in [-0.1, -0.05) is 12.6 Å². The Kier molecular flexibility index (Phi) is 3.07. The van der Waals surface area contributed by atoms with E-state index in [1.165, 1.54) is 0 Å². The van der Waals surface area contributed by atoms with Gasteiger partial charge >= 0.3 is 0 Å². The molecule has 1 fully saturated rings. The van der Waals surface area contributed by atoms with Crippen LogP contribution in [0.25, 0.3) is 4.85 Å². The molecule has 0 aliphatic carbocycles. The van der Waals surface area contributed by atoms with E-state index in [-0.39, 0.29) is 0 Å². The first-order valence-electron chi connectivity index (χ1n) is 5.46. The van der Waals surface area contributed by atoms with Crippen LogP contribution < -0.4 is 4.90 Å². The van der Waals surface area contributed by atoms with Crippen molar-refractivity contribution in [3.05, 3.63) is 29.6 Å². The van der Waals surface area contributed by atoms with Gasteiger partial charge in [0.1, 0.15) is 0 Å². The van der Waals surface area contributed by atoms with E-state index < -0.39 is 0 Å². The van der Waals surface area contributed by atoms with Crippen LogP contribution >= 0.6 is 0 Å². The van der Waals surface area contributed by atoms with Gasteiger partial charge in [0.2, 0.25) is 5.82 Å². The zero-order valence-electron chi connectivity index (χ0n) is 9.72. The summed E-state index contributed by atoms with van der Waals surface area (Å²) in [7, 11) is 4.22. The van der Waals surface area contributed by atoms with Crippen molar-refractivity contribution in [3.8, 4) is 0 Å². The van der Waals surface area contributed by atoms with Gasteiger partial charge in [0.25, 0.3) is 5.82 Å². The predicted molar refractivity (Wildman–Crippen MR) is 64.8 cm³/mol. The maximum atomic E-state index is 6.95. The lowest BCUT2D eigenvalue weighted by Gasteiger charge is -2.19. The molecule has 4 nitrogen and oxygen atoms in total. The highest BCUT2D eigenvalue weighted by Gasteiger charge is 2.26. The standard InChI is InChI=1S/C12H16N4/c1-13-11-5-4-6-12(14-11)16-8-7-10(9-16)15(2)3/h4-6,10H,7-9H2,2-3H3. The van der Waals surface area contributed by atoms with Crippen molar-refractivity contribution in [2.24, 2.45) is 0 Å². The zero-order chi connectivity index (χ0) is 11.5. The minimum absolute atomic E-state index is 0.478. The molecule has 0 amide bonds. The predicted octanol–water partition coefficient (Wildman–Crippen LogP) is 1.77. The third kappa shape index (κ3) is 2.15. The van der Waals surface area contributed by atoms with Crippen LogP contribution in [0.3, 0.4) is 0 Å². The van der Waals surface area contributed by atoms with E-state index in [2.05, 4.69) is 33.7 Å². The first-order valence-corrected chi connectivity index (χ1v) is 5.46. The van der Waals surface area contributed by atoms with Gasteiger partial charge in [-0.2, -0.15) is 0 Å². The molecular weight excluding hydrogens is 200 g/mol. The Balaban J connectivity index is 2.12. The SMILES string of the molecule is [C-]#[N+]c1cccc(N2CCC(N(C)C)C2)n1. The molecule has 16 heavy (non-hydrogen) atoms. The summed E-state index contributed by atoms with van der Waals surface area (Å²) in [5.41, 5.74) is 0. The van der Waals surface area contributed by atoms with Crippen LogP contribution in [0, 0.1) is 6.57 Å². The molecule has 0 saturated carbocycles. The summed E-state index contributed by atoms with van der Waals surface area (Å²) in [5.74, 6) is 1.41. The smallest absolute Gasteiger partial charge is 0.271 e. The number of rotatable bonds is 2. The number of hydrogen-bond donors (Lipinski definition) is 0. The highest BCUT2D eigenvalue weighted by molar-refractivity contribution is 5.48. The molecule has 2 heterocycles. The van der Waals surface area contributed by atoms with Gasteiger partial charge in [-0.15, -0.1) is 4.98 Å². The fourth-order valence-corrected chi connectivity index (χ4v) is 2.02. The highest BCUT2D eigenvalue weighted by atomic mass is 15.3. The van der Waals surface area contributed by atoms with Gasteiger partial charge in [0.05, 0.1) is 0 Å². The number of nitrogens with zero attached hydrogens (tertiary/aromatic N) is 4. The molecule has 4 heteroatoms. The Morgan fingerprint density at radius 3 is 2.94 bits per heavy atom. The number of pyridine rings is 1. The van der Waals surface area contributed by atoms with Crippen molar-refractivity contribution in [1.82, 2.24) is 9.88 Å². The summed E-state index contributed by atoms with van der Waals surface area (Å²) >= 11 is 0. The maximum absolute atomic E-state index is 6.95. The normalized spacial score (nSPS) is 20.1. The average Bonchev–Trinajstić information content (AvgIpc) is 2.78. The molecule has 0 bridgehead atoms. The Morgan fingerprint density at radius 2 is 2.31 bits per heavy atom. The first kappa shape index (κ1) is 10.9. The second-order valence-corrected chi connectivity index (χ2v) is 4.32. The van der Waals surface area contributed by atoms with Crippen molar-refractivity contribution >= 4 is 11.6 Å². The number of likely N-dealkylation sites (N-methyl/N-ethyl adjacent to an activating group) is 1. The zero-order valence-corrected chi connectivity index (χ0v) is 9.72.